The van der Waals surface area contributed by atoms with E-state index in [-0.39, 0.29) is 0 Å². The molecule has 1 aromatic rings. The summed E-state index contributed by atoms with van der Waals surface area (Å²) in [5.41, 5.74) is 0.300. The third-order valence-corrected chi connectivity index (χ3v) is 3.99. The molecular formula is C12H14ClFO3S. The molecule has 18 heavy (non-hydrogen) atoms. The Bertz CT molecular complexity index is 526. The van der Waals surface area contributed by atoms with Crippen molar-refractivity contribution in [3.8, 4) is 5.75 Å². The molecule has 0 bridgehead atoms. The second kappa shape index (κ2) is 5.45. The number of hydrogen-bond donors (Lipinski definition) is 0. The third kappa shape index (κ3) is 4.14. The topological polar surface area (TPSA) is 43.4 Å². The molecule has 0 radical (unpaired) electrons. The summed E-state index contributed by atoms with van der Waals surface area (Å²) in [4.78, 5) is 0. The minimum atomic E-state index is -3.69. The van der Waals surface area contributed by atoms with Crippen LogP contribution in [0.4, 0.5) is 4.39 Å². The first kappa shape index (κ1) is 13.6. The van der Waals surface area contributed by atoms with E-state index in [1.54, 1.807) is 0 Å². The second-order valence-corrected chi connectivity index (χ2v) is 7.36. The summed E-state index contributed by atoms with van der Waals surface area (Å²) in [5, 5.41) is 0. The van der Waals surface area contributed by atoms with Crippen molar-refractivity contribution in [3.63, 3.8) is 0 Å². The highest BCUT2D eigenvalue weighted by Gasteiger charge is 2.18. The van der Waals surface area contributed by atoms with Crippen molar-refractivity contribution >= 4 is 19.7 Å². The Morgan fingerprint density at radius 2 is 2.06 bits per heavy atom. The quantitative estimate of drug-likeness (QED) is 0.783. The van der Waals surface area contributed by atoms with Gasteiger partial charge in [-0.25, -0.2) is 12.8 Å². The van der Waals surface area contributed by atoms with E-state index in [9.17, 15) is 12.8 Å². The van der Waals surface area contributed by atoms with Crippen LogP contribution < -0.4 is 4.74 Å². The first-order chi connectivity index (χ1) is 8.42. The largest absolute Gasteiger partial charge is 0.493 e. The van der Waals surface area contributed by atoms with Crippen LogP contribution in [0.1, 0.15) is 24.8 Å². The number of hydrogen-bond acceptors (Lipinski definition) is 3. The maximum atomic E-state index is 13.3. The zero-order chi connectivity index (χ0) is 13.2. The van der Waals surface area contributed by atoms with Gasteiger partial charge in [-0.05, 0) is 36.5 Å². The number of halogens is 2. The Morgan fingerprint density at radius 1 is 1.33 bits per heavy atom. The van der Waals surface area contributed by atoms with Gasteiger partial charge in [0.25, 0.3) is 0 Å². The van der Waals surface area contributed by atoms with Gasteiger partial charge in [-0.1, -0.05) is 6.42 Å². The number of rotatable bonds is 5. The second-order valence-electron chi connectivity index (χ2n) is 4.59. The van der Waals surface area contributed by atoms with E-state index in [1.807, 2.05) is 0 Å². The van der Waals surface area contributed by atoms with Gasteiger partial charge in [-0.2, -0.15) is 0 Å². The molecule has 1 aliphatic carbocycles. The van der Waals surface area contributed by atoms with E-state index in [4.69, 9.17) is 15.4 Å². The Hall–Kier alpha value is -0.810. The normalized spacial score (nSPS) is 16.3. The molecule has 3 nitrogen and oxygen atoms in total. The maximum Gasteiger partial charge on any atom is 0.236 e. The monoisotopic (exact) mass is 292 g/mol. The van der Waals surface area contributed by atoms with Gasteiger partial charge in [-0.3, -0.25) is 0 Å². The van der Waals surface area contributed by atoms with Crippen LogP contribution in [0.15, 0.2) is 18.2 Å². The minimum absolute atomic E-state index is 0.300. The molecule has 2 rings (SSSR count). The standard InChI is InChI=1S/C12H14ClFO3S/c13-18(15,16)8-10-4-11(14)6-12(5-10)17-7-9-2-1-3-9/h4-6,9H,1-3,7-8H2. The molecular weight excluding hydrogens is 279 g/mol. The zero-order valence-electron chi connectivity index (χ0n) is 9.73. The zero-order valence-corrected chi connectivity index (χ0v) is 11.3. The summed E-state index contributed by atoms with van der Waals surface area (Å²) in [6.45, 7) is 0.552. The highest BCUT2D eigenvalue weighted by molar-refractivity contribution is 8.13. The first-order valence-corrected chi connectivity index (χ1v) is 8.25. The van der Waals surface area contributed by atoms with E-state index in [0.29, 0.717) is 23.8 Å². The fourth-order valence-corrected chi connectivity index (χ4v) is 2.80. The van der Waals surface area contributed by atoms with Gasteiger partial charge in [0.05, 0.1) is 12.4 Å². The number of ether oxygens (including phenoxy) is 1. The molecule has 0 atom stereocenters. The Morgan fingerprint density at radius 3 is 2.61 bits per heavy atom. The maximum absolute atomic E-state index is 13.3. The van der Waals surface area contributed by atoms with Gasteiger partial charge >= 0.3 is 0 Å². The average molecular weight is 293 g/mol. The van der Waals surface area contributed by atoms with E-state index in [1.165, 1.54) is 18.6 Å². The predicted octanol–water partition coefficient (Wildman–Crippen LogP) is 3.07. The fourth-order valence-electron chi connectivity index (χ4n) is 1.86. The Labute approximate surface area is 110 Å². The lowest BCUT2D eigenvalue weighted by Crippen LogP contribution is -2.19. The summed E-state index contributed by atoms with van der Waals surface area (Å²) in [5.74, 6) is -0.0198. The van der Waals surface area contributed by atoms with Crippen molar-refractivity contribution in [2.45, 2.75) is 25.0 Å². The molecule has 0 unspecified atom stereocenters. The summed E-state index contributed by atoms with van der Waals surface area (Å²) in [7, 11) is 1.45. The lowest BCUT2D eigenvalue weighted by molar-refractivity contribution is 0.180. The van der Waals surface area contributed by atoms with Crippen LogP contribution in [0.2, 0.25) is 0 Å². The lowest BCUT2D eigenvalue weighted by atomic mass is 9.86. The molecule has 0 spiro atoms. The van der Waals surface area contributed by atoms with Crippen molar-refractivity contribution in [1.29, 1.82) is 0 Å². The molecule has 0 heterocycles. The molecule has 6 heteroatoms. The lowest BCUT2D eigenvalue weighted by Gasteiger charge is -2.25. The van der Waals surface area contributed by atoms with Crippen LogP contribution in [0.3, 0.4) is 0 Å². The van der Waals surface area contributed by atoms with E-state index < -0.39 is 20.6 Å². The third-order valence-electron chi connectivity index (χ3n) is 2.98. The van der Waals surface area contributed by atoms with Crippen LogP contribution >= 0.6 is 10.7 Å². The minimum Gasteiger partial charge on any atom is -0.493 e. The molecule has 0 saturated heterocycles. The van der Waals surface area contributed by atoms with Gasteiger partial charge in [0.15, 0.2) is 0 Å². The molecule has 1 aromatic carbocycles. The first-order valence-electron chi connectivity index (χ1n) is 5.77. The van der Waals surface area contributed by atoms with Crippen LogP contribution in [-0.4, -0.2) is 15.0 Å². The Balaban J connectivity index is 2.05. The van der Waals surface area contributed by atoms with Crippen LogP contribution in [0.25, 0.3) is 0 Å². The smallest absolute Gasteiger partial charge is 0.236 e. The van der Waals surface area contributed by atoms with Crippen LogP contribution in [0, 0.1) is 11.7 Å². The fraction of sp³-hybridized carbons (Fsp3) is 0.500. The van der Waals surface area contributed by atoms with Crippen LogP contribution in [0.5, 0.6) is 5.75 Å². The van der Waals surface area contributed by atoms with E-state index in [0.717, 1.165) is 18.9 Å². The molecule has 0 N–H and O–H groups in total. The molecule has 0 amide bonds. The molecule has 100 valence electrons. The van der Waals surface area contributed by atoms with Gasteiger partial charge < -0.3 is 4.74 Å². The highest BCUT2D eigenvalue weighted by atomic mass is 35.7. The summed E-state index contributed by atoms with van der Waals surface area (Å²) < 4.78 is 40.7. The van der Waals surface area contributed by atoms with Gasteiger partial charge in [0, 0.05) is 16.7 Å². The Kier molecular flexibility index (Phi) is 4.12. The summed E-state index contributed by atoms with van der Waals surface area (Å²) in [6, 6.07) is 3.92. The van der Waals surface area contributed by atoms with Crippen molar-refractivity contribution in [2.75, 3.05) is 6.61 Å². The van der Waals surface area contributed by atoms with E-state index in [2.05, 4.69) is 0 Å². The SMILES string of the molecule is O=S(=O)(Cl)Cc1cc(F)cc(OCC2CCC2)c1. The molecule has 0 aromatic heterocycles. The number of benzene rings is 1. The highest BCUT2D eigenvalue weighted by Crippen LogP contribution is 2.27. The van der Waals surface area contributed by atoms with Gasteiger partial charge in [0.2, 0.25) is 9.05 Å². The van der Waals surface area contributed by atoms with Crippen molar-refractivity contribution in [1.82, 2.24) is 0 Å². The van der Waals surface area contributed by atoms with E-state index >= 15 is 0 Å². The van der Waals surface area contributed by atoms with Gasteiger partial charge in [-0.15, -0.1) is 0 Å². The van der Waals surface area contributed by atoms with Crippen molar-refractivity contribution in [2.24, 2.45) is 5.92 Å². The van der Waals surface area contributed by atoms with Crippen LogP contribution in [-0.2, 0) is 14.8 Å². The molecule has 1 fully saturated rings. The summed E-state index contributed by atoms with van der Waals surface area (Å²) in [6.07, 6.45) is 3.49. The van der Waals surface area contributed by atoms with Gasteiger partial charge in [0.1, 0.15) is 11.6 Å². The molecule has 0 aliphatic heterocycles. The van der Waals surface area contributed by atoms with Crippen molar-refractivity contribution in [3.05, 3.63) is 29.6 Å². The van der Waals surface area contributed by atoms with Crippen molar-refractivity contribution < 1.29 is 17.5 Å². The average Bonchev–Trinajstić information content (AvgIpc) is 2.10. The molecule has 1 aliphatic rings. The summed E-state index contributed by atoms with van der Waals surface area (Å²) >= 11 is 0. The molecule has 1 saturated carbocycles. The predicted molar refractivity (Wildman–Crippen MR) is 67.7 cm³/mol.